The molecule has 0 saturated carbocycles. The molecule has 2 aromatic rings. The highest BCUT2D eigenvalue weighted by molar-refractivity contribution is 9.10. The number of aryl methyl sites for hydroxylation is 2. The molecule has 0 aromatic carbocycles. The molecule has 0 saturated heterocycles. The van der Waals surface area contributed by atoms with Gasteiger partial charge in [0.25, 0.3) is 0 Å². The average molecular weight is 315 g/mol. The minimum Gasteiger partial charge on any atom is -0.381 e. The van der Waals surface area contributed by atoms with Gasteiger partial charge in [0, 0.05) is 16.3 Å². The lowest BCUT2D eigenvalue weighted by molar-refractivity contribution is 0.210. The lowest BCUT2D eigenvalue weighted by Gasteiger charge is -2.12. The third-order valence-electron chi connectivity index (χ3n) is 2.56. The first-order chi connectivity index (χ1) is 8.13. The molecule has 0 aliphatic carbocycles. The van der Waals surface area contributed by atoms with Crippen LogP contribution in [-0.4, -0.2) is 14.9 Å². The zero-order valence-electron chi connectivity index (χ0n) is 9.85. The van der Waals surface area contributed by atoms with E-state index in [2.05, 4.69) is 28.0 Å². The van der Waals surface area contributed by atoms with Crippen LogP contribution in [0.4, 0.5) is 0 Å². The molecule has 1 N–H and O–H groups in total. The maximum absolute atomic E-state index is 10.4. The van der Waals surface area contributed by atoms with Crippen molar-refractivity contribution in [3.8, 4) is 0 Å². The first-order valence-corrected chi connectivity index (χ1v) is 7.20. The molecule has 1 atom stereocenters. The summed E-state index contributed by atoms with van der Waals surface area (Å²) in [5.41, 5.74) is 0.841. The Labute approximate surface area is 113 Å². The standard InChI is InChI=1S/C12H15BrN2OS/c1-3-6-15-11(9(13)7-14-15)12(16)10-5-4-8(2)17-10/h4-5,7,12,16H,3,6H2,1-2H3. The van der Waals surface area contributed by atoms with E-state index in [4.69, 9.17) is 0 Å². The largest absolute Gasteiger partial charge is 0.381 e. The summed E-state index contributed by atoms with van der Waals surface area (Å²) in [5, 5.41) is 14.7. The van der Waals surface area contributed by atoms with Crippen LogP contribution in [0.3, 0.4) is 0 Å². The average Bonchev–Trinajstić information content (AvgIpc) is 2.86. The Morgan fingerprint density at radius 2 is 2.29 bits per heavy atom. The van der Waals surface area contributed by atoms with Crippen LogP contribution in [0.2, 0.25) is 0 Å². The fourth-order valence-electron chi connectivity index (χ4n) is 1.77. The Bertz CT molecular complexity index is 506. The number of hydrogen-bond donors (Lipinski definition) is 1. The van der Waals surface area contributed by atoms with Crippen molar-refractivity contribution in [3.63, 3.8) is 0 Å². The fraction of sp³-hybridized carbons (Fsp3) is 0.417. The fourth-order valence-corrected chi connectivity index (χ4v) is 3.15. The molecule has 0 aliphatic heterocycles. The number of thiophene rings is 1. The Balaban J connectivity index is 2.35. The van der Waals surface area contributed by atoms with Crippen LogP contribution in [0.5, 0.6) is 0 Å². The van der Waals surface area contributed by atoms with E-state index < -0.39 is 6.10 Å². The van der Waals surface area contributed by atoms with E-state index in [0.29, 0.717) is 0 Å². The minimum absolute atomic E-state index is 0.600. The van der Waals surface area contributed by atoms with E-state index in [-0.39, 0.29) is 0 Å². The third kappa shape index (κ3) is 2.61. The predicted molar refractivity (Wildman–Crippen MR) is 73.3 cm³/mol. The highest BCUT2D eigenvalue weighted by Crippen LogP contribution is 2.32. The molecular formula is C12H15BrN2OS. The van der Waals surface area contributed by atoms with Gasteiger partial charge >= 0.3 is 0 Å². The zero-order chi connectivity index (χ0) is 12.4. The molecule has 2 heterocycles. The van der Waals surface area contributed by atoms with Crippen LogP contribution in [0, 0.1) is 6.92 Å². The number of aliphatic hydroxyl groups is 1. The smallest absolute Gasteiger partial charge is 0.131 e. The lowest BCUT2D eigenvalue weighted by atomic mass is 10.2. The molecule has 2 aromatic heterocycles. The Morgan fingerprint density at radius 1 is 1.53 bits per heavy atom. The Morgan fingerprint density at radius 3 is 2.88 bits per heavy atom. The molecule has 2 rings (SSSR count). The van der Waals surface area contributed by atoms with Crippen LogP contribution in [-0.2, 0) is 6.54 Å². The second-order valence-corrected chi connectivity index (χ2v) is 6.13. The van der Waals surface area contributed by atoms with Gasteiger partial charge in [-0.3, -0.25) is 4.68 Å². The van der Waals surface area contributed by atoms with Crippen molar-refractivity contribution in [3.05, 3.63) is 38.3 Å². The van der Waals surface area contributed by atoms with Crippen LogP contribution in [0.1, 0.15) is 34.9 Å². The molecule has 0 radical (unpaired) electrons. The van der Waals surface area contributed by atoms with E-state index in [1.54, 1.807) is 17.5 Å². The molecule has 17 heavy (non-hydrogen) atoms. The minimum atomic E-state index is -0.600. The van der Waals surface area contributed by atoms with Crippen molar-refractivity contribution in [2.45, 2.75) is 32.9 Å². The van der Waals surface area contributed by atoms with Crippen LogP contribution >= 0.6 is 27.3 Å². The van der Waals surface area contributed by atoms with Crippen molar-refractivity contribution in [1.82, 2.24) is 9.78 Å². The summed E-state index contributed by atoms with van der Waals surface area (Å²) in [6.45, 7) is 4.96. The van der Waals surface area contributed by atoms with E-state index in [0.717, 1.165) is 28.0 Å². The summed E-state index contributed by atoms with van der Waals surface area (Å²) in [6, 6.07) is 4.00. The first-order valence-electron chi connectivity index (χ1n) is 5.59. The molecule has 1 unspecified atom stereocenters. The van der Waals surface area contributed by atoms with E-state index >= 15 is 0 Å². The molecule has 0 bridgehead atoms. The molecular weight excluding hydrogens is 300 g/mol. The van der Waals surface area contributed by atoms with Gasteiger partial charge in [-0.1, -0.05) is 6.92 Å². The van der Waals surface area contributed by atoms with Gasteiger partial charge in [0.1, 0.15) is 6.10 Å². The van der Waals surface area contributed by atoms with Crippen molar-refractivity contribution >= 4 is 27.3 Å². The van der Waals surface area contributed by atoms with Gasteiger partial charge in [0.15, 0.2) is 0 Å². The second-order valence-electron chi connectivity index (χ2n) is 3.95. The molecule has 5 heteroatoms. The van der Waals surface area contributed by atoms with Crippen molar-refractivity contribution in [1.29, 1.82) is 0 Å². The quantitative estimate of drug-likeness (QED) is 0.937. The topological polar surface area (TPSA) is 38.0 Å². The molecule has 0 fully saturated rings. The van der Waals surface area contributed by atoms with Gasteiger partial charge in [0.05, 0.1) is 16.4 Å². The van der Waals surface area contributed by atoms with Crippen molar-refractivity contribution in [2.75, 3.05) is 0 Å². The summed E-state index contributed by atoms with van der Waals surface area (Å²) >= 11 is 5.07. The normalized spacial score (nSPS) is 12.9. The number of aromatic nitrogens is 2. The maximum atomic E-state index is 10.4. The molecule has 0 amide bonds. The second kappa shape index (κ2) is 5.33. The summed E-state index contributed by atoms with van der Waals surface area (Å²) < 4.78 is 2.73. The third-order valence-corrected chi connectivity index (χ3v) is 4.22. The highest BCUT2D eigenvalue weighted by atomic mass is 79.9. The predicted octanol–water partition coefficient (Wildman–Crippen LogP) is 3.51. The van der Waals surface area contributed by atoms with Gasteiger partial charge in [-0.15, -0.1) is 11.3 Å². The van der Waals surface area contributed by atoms with Crippen molar-refractivity contribution in [2.24, 2.45) is 0 Å². The van der Waals surface area contributed by atoms with E-state index in [1.807, 2.05) is 23.7 Å². The molecule has 92 valence electrons. The van der Waals surface area contributed by atoms with E-state index in [1.165, 1.54) is 4.88 Å². The lowest BCUT2D eigenvalue weighted by Crippen LogP contribution is -2.09. The Kier molecular flexibility index (Phi) is 4.01. The van der Waals surface area contributed by atoms with Gasteiger partial charge in [-0.05, 0) is 41.4 Å². The Hall–Kier alpha value is -0.650. The maximum Gasteiger partial charge on any atom is 0.131 e. The summed E-state index contributed by atoms with van der Waals surface area (Å²) in [5.74, 6) is 0. The molecule has 0 aliphatic rings. The summed E-state index contributed by atoms with van der Waals surface area (Å²) in [4.78, 5) is 2.16. The zero-order valence-corrected chi connectivity index (χ0v) is 12.3. The number of aliphatic hydroxyl groups excluding tert-OH is 1. The van der Waals surface area contributed by atoms with Crippen molar-refractivity contribution < 1.29 is 5.11 Å². The van der Waals surface area contributed by atoms with Crippen LogP contribution in [0.25, 0.3) is 0 Å². The van der Waals surface area contributed by atoms with Gasteiger partial charge < -0.3 is 5.11 Å². The summed E-state index contributed by atoms with van der Waals surface area (Å²) in [6.07, 6.45) is 2.14. The van der Waals surface area contributed by atoms with Crippen LogP contribution < -0.4 is 0 Å². The van der Waals surface area contributed by atoms with Gasteiger partial charge in [-0.25, -0.2) is 0 Å². The monoisotopic (exact) mass is 314 g/mol. The highest BCUT2D eigenvalue weighted by Gasteiger charge is 2.20. The van der Waals surface area contributed by atoms with Gasteiger partial charge in [0.2, 0.25) is 0 Å². The van der Waals surface area contributed by atoms with Crippen LogP contribution in [0.15, 0.2) is 22.8 Å². The number of nitrogens with zero attached hydrogens (tertiary/aromatic N) is 2. The SMILES string of the molecule is CCCn1ncc(Br)c1C(O)c1ccc(C)s1. The molecule has 3 nitrogen and oxygen atoms in total. The number of halogens is 1. The number of hydrogen-bond acceptors (Lipinski definition) is 3. The number of rotatable bonds is 4. The first kappa shape index (κ1) is 12.8. The van der Waals surface area contributed by atoms with E-state index in [9.17, 15) is 5.11 Å². The van der Waals surface area contributed by atoms with Gasteiger partial charge in [-0.2, -0.15) is 5.10 Å². The summed E-state index contributed by atoms with van der Waals surface area (Å²) in [7, 11) is 0. The molecule has 0 spiro atoms.